The van der Waals surface area contributed by atoms with Crippen molar-refractivity contribution < 1.29 is 28.5 Å². The van der Waals surface area contributed by atoms with Gasteiger partial charge in [0.05, 0.1) is 46.2 Å². The molecule has 0 aliphatic rings. The summed E-state index contributed by atoms with van der Waals surface area (Å²) < 4.78 is 27.0. The van der Waals surface area contributed by atoms with Crippen LogP contribution in [0.1, 0.15) is 79.1 Å². The fraction of sp³-hybridized carbons (Fsp3) is 0.958. The molecule has 0 radical (unpaired) electrons. The lowest BCUT2D eigenvalue weighted by Gasteiger charge is -2.08. The van der Waals surface area contributed by atoms with Crippen molar-refractivity contribution in [2.45, 2.75) is 79.1 Å². The van der Waals surface area contributed by atoms with Gasteiger partial charge in [0.15, 0.2) is 0 Å². The highest BCUT2D eigenvalue weighted by Crippen LogP contribution is 2.10. The van der Waals surface area contributed by atoms with E-state index in [-0.39, 0.29) is 5.97 Å². The maximum absolute atomic E-state index is 11.7. The van der Waals surface area contributed by atoms with Crippen molar-refractivity contribution in [1.29, 1.82) is 0 Å². The second kappa shape index (κ2) is 23.0. The van der Waals surface area contributed by atoms with Crippen molar-refractivity contribution in [2.24, 2.45) is 11.8 Å². The van der Waals surface area contributed by atoms with Crippen molar-refractivity contribution in [2.75, 3.05) is 59.5 Å². The maximum atomic E-state index is 11.7. The van der Waals surface area contributed by atoms with Gasteiger partial charge in [0, 0.05) is 19.6 Å². The number of hydrogen-bond donors (Lipinski definition) is 0. The first kappa shape index (κ1) is 29.3. The summed E-state index contributed by atoms with van der Waals surface area (Å²) in [7, 11) is 0. The molecule has 0 heterocycles. The average Bonchev–Trinajstić information content (AvgIpc) is 2.69. The van der Waals surface area contributed by atoms with Gasteiger partial charge in [-0.05, 0) is 24.7 Å². The number of carbonyl (C=O) groups is 1. The van der Waals surface area contributed by atoms with Crippen LogP contribution in [-0.2, 0) is 28.5 Å². The van der Waals surface area contributed by atoms with Gasteiger partial charge in [0.25, 0.3) is 0 Å². The molecule has 0 amide bonds. The number of rotatable bonds is 23. The number of ether oxygens (including phenoxy) is 5. The van der Waals surface area contributed by atoms with E-state index >= 15 is 0 Å². The third kappa shape index (κ3) is 25.3. The minimum Gasteiger partial charge on any atom is -0.466 e. The van der Waals surface area contributed by atoms with Crippen LogP contribution >= 0.6 is 0 Å². The van der Waals surface area contributed by atoms with E-state index in [0.29, 0.717) is 71.6 Å². The molecule has 0 aliphatic carbocycles. The molecule has 0 fully saturated rings. The number of esters is 1. The molecule has 6 nitrogen and oxygen atoms in total. The van der Waals surface area contributed by atoms with E-state index in [1.54, 1.807) is 0 Å². The molecule has 0 spiro atoms. The standard InChI is InChI=1S/C24H48O6/c1-22(2)11-8-6-5-7-9-14-30-24(25)12-10-13-26-15-16-27-17-18-28-19-20-29-21-23(3)4/h22-23H,5-21H2,1-4H3. The van der Waals surface area contributed by atoms with Crippen LogP contribution in [0.25, 0.3) is 0 Å². The number of carbonyl (C=O) groups excluding carboxylic acids is 1. The maximum Gasteiger partial charge on any atom is 0.305 e. The van der Waals surface area contributed by atoms with Crippen molar-refractivity contribution in [3.8, 4) is 0 Å². The topological polar surface area (TPSA) is 63.2 Å². The fourth-order valence-corrected chi connectivity index (χ4v) is 2.74. The molecule has 0 N–H and O–H groups in total. The zero-order valence-electron chi connectivity index (χ0n) is 20.1. The molecule has 0 saturated carbocycles. The van der Waals surface area contributed by atoms with Crippen molar-refractivity contribution in [3.05, 3.63) is 0 Å². The lowest BCUT2D eigenvalue weighted by atomic mass is 10.0. The third-order valence-electron chi connectivity index (χ3n) is 4.43. The summed E-state index contributed by atoms with van der Waals surface area (Å²) in [6.45, 7) is 14.1. The molecule has 0 bridgehead atoms. The Balaban J connectivity index is 3.16. The average molecular weight is 433 g/mol. The van der Waals surface area contributed by atoms with Crippen LogP contribution in [0.3, 0.4) is 0 Å². The Morgan fingerprint density at radius 1 is 0.567 bits per heavy atom. The van der Waals surface area contributed by atoms with E-state index in [1.807, 2.05) is 0 Å². The van der Waals surface area contributed by atoms with Gasteiger partial charge >= 0.3 is 5.97 Å². The van der Waals surface area contributed by atoms with Gasteiger partial charge in [-0.2, -0.15) is 0 Å². The van der Waals surface area contributed by atoms with Crippen LogP contribution in [0, 0.1) is 11.8 Å². The van der Waals surface area contributed by atoms with E-state index in [9.17, 15) is 4.79 Å². The summed E-state index contributed by atoms with van der Waals surface area (Å²) in [6, 6.07) is 0. The lowest BCUT2D eigenvalue weighted by molar-refractivity contribution is -0.144. The second-order valence-corrected chi connectivity index (χ2v) is 8.58. The largest absolute Gasteiger partial charge is 0.466 e. The highest BCUT2D eigenvalue weighted by molar-refractivity contribution is 5.69. The molecule has 180 valence electrons. The van der Waals surface area contributed by atoms with E-state index in [2.05, 4.69) is 27.7 Å². The smallest absolute Gasteiger partial charge is 0.305 e. The molecular formula is C24H48O6. The molecule has 0 atom stereocenters. The highest BCUT2D eigenvalue weighted by atomic mass is 16.6. The quantitative estimate of drug-likeness (QED) is 0.167. The van der Waals surface area contributed by atoms with E-state index in [1.165, 1.54) is 25.7 Å². The molecule has 0 aromatic heterocycles. The van der Waals surface area contributed by atoms with Crippen LogP contribution in [-0.4, -0.2) is 65.4 Å². The first-order valence-corrected chi connectivity index (χ1v) is 12.0. The van der Waals surface area contributed by atoms with E-state index < -0.39 is 0 Å². The summed E-state index contributed by atoms with van der Waals surface area (Å²) in [5.74, 6) is 1.23. The molecule has 0 aromatic carbocycles. The van der Waals surface area contributed by atoms with Crippen LogP contribution in [0.2, 0.25) is 0 Å². The van der Waals surface area contributed by atoms with Gasteiger partial charge in [-0.25, -0.2) is 0 Å². The van der Waals surface area contributed by atoms with Gasteiger partial charge < -0.3 is 23.7 Å². The number of hydrogen-bond acceptors (Lipinski definition) is 6. The predicted octanol–water partition coefficient (Wildman–Crippen LogP) is 5.03. The van der Waals surface area contributed by atoms with Gasteiger partial charge in [-0.3, -0.25) is 4.79 Å². The van der Waals surface area contributed by atoms with Gasteiger partial charge in [-0.1, -0.05) is 59.8 Å². The minimum atomic E-state index is -0.121. The Labute approximate surface area is 185 Å². The Bertz CT molecular complexity index is 360. The molecule has 0 aliphatic heterocycles. The van der Waals surface area contributed by atoms with Crippen LogP contribution in [0.5, 0.6) is 0 Å². The Morgan fingerprint density at radius 3 is 1.70 bits per heavy atom. The van der Waals surface area contributed by atoms with E-state index in [0.717, 1.165) is 25.4 Å². The van der Waals surface area contributed by atoms with Gasteiger partial charge in [-0.15, -0.1) is 0 Å². The first-order chi connectivity index (χ1) is 14.5. The molecular weight excluding hydrogens is 384 g/mol. The number of unbranched alkanes of at least 4 members (excludes halogenated alkanes) is 4. The van der Waals surface area contributed by atoms with Crippen molar-refractivity contribution in [3.63, 3.8) is 0 Å². The monoisotopic (exact) mass is 432 g/mol. The van der Waals surface area contributed by atoms with Crippen molar-refractivity contribution in [1.82, 2.24) is 0 Å². The summed E-state index contributed by atoms with van der Waals surface area (Å²) in [6.07, 6.45) is 8.36. The molecule has 0 aromatic rings. The molecule has 0 saturated heterocycles. The van der Waals surface area contributed by atoms with Gasteiger partial charge in [0.1, 0.15) is 0 Å². The second-order valence-electron chi connectivity index (χ2n) is 8.58. The van der Waals surface area contributed by atoms with Crippen LogP contribution < -0.4 is 0 Å². The summed E-state index contributed by atoms with van der Waals surface area (Å²) in [5.41, 5.74) is 0. The SMILES string of the molecule is CC(C)CCCCCCCOC(=O)CCCOCCOCCOCCOCC(C)C. The van der Waals surface area contributed by atoms with Crippen molar-refractivity contribution >= 4 is 5.97 Å². The molecule has 30 heavy (non-hydrogen) atoms. The van der Waals surface area contributed by atoms with Gasteiger partial charge in [0.2, 0.25) is 0 Å². The lowest BCUT2D eigenvalue weighted by Crippen LogP contribution is -2.13. The zero-order valence-corrected chi connectivity index (χ0v) is 20.1. The van der Waals surface area contributed by atoms with Crippen LogP contribution in [0.4, 0.5) is 0 Å². The van der Waals surface area contributed by atoms with E-state index in [4.69, 9.17) is 23.7 Å². The zero-order chi connectivity index (χ0) is 22.3. The molecule has 0 rings (SSSR count). The predicted molar refractivity (Wildman–Crippen MR) is 121 cm³/mol. The minimum absolute atomic E-state index is 0.121. The Kier molecular flexibility index (Phi) is 22.5. The molecule has 0 unspecified atom stereocenters. The Morgan fingerprint density at radius 2 is 1.10 bits per heavy atom. The summed E-state index contributed by atoms with van der Waals surface area (Å²) >= 11 is 0. The molecule has 6 heteroatoms. The summed E-state index contributed by atoms with van der Waals surface area (Å²) in [5, 5.41) is 0. The summed E-state index contributed by atoms with van der Waals surface area (Å²) in [4.78, 5) is 11.7. The first-order valence-electron chi connectivity index (χ1n) is 12.0. The Hall–Kier alpha value is -0.690. The fourth-order valence-electron chi connectivity index (χ4n) is 2.74. The highest BCUT2D eigenvalue weighted by Gasteiger charge is 2.03. The van der Waals surface area contributed by atoms with Crippen LogP contribution in [0.15, 0.2) is 0 Å². The third-order valence-corrected chi connectivity index (χ3v) is 4.43. The normalized spacial score (nSPS) is 11.5.